The number of aromatic carboxylic acids is 1. The van der Waals surface area contributed by atoms with E-state index in [1.54, 1.807) is 0 Å². The third kappa shape index (κ3) is 3.19. The van der Waals surface area contributed by atoms with Crippen molar-refractivity contribution in [3.8, 4) is 0 Å². The van der Waals surface area contributed by atoms with Crippen LogP contribution in [0.4, 0.5) is 0 Å². The minimum absolute atomic E-state index is 0.0376. The minimum atomic E-state index is -3.70. The smallest absolute Gasteiger partial charge is 0.352 e. The van der Waals surface area contributed by atoms with Crippen molar-refractivity contribution in [3.63, 3.8) is 0 Å². The lowest BCUT2D eigenvalue weighted by molar-refractivity contribution is 0.0691. The van der Waals surface area contributed by atoms with E-state index in [4.69, 9.17) is 5.11 Å². The molecule has 1 heterocycles. The zero-order valence-electron chi connectivity index (χ0n) is 8.03. The highest BCUT2D eigenvalue weighted by atomic mass is 79.9. The molecule has 3 N–H and O–H groups in total. The maximum atomic E-state index is 11.6. The molecule has 0 spiro atoms. The number of hydrogen-bond donors (Lipinski definition) is 3. The Morgan fingerprint density at radius 1 is 1.62 bits per heavy atom. The van der Waals surface area contributed by atoms with Gasteiger partial charge in [0, 0.05) is 17.2 Å². The van der Waals surface area contributed by atoms with Gasteiger partial charge in [0.25, 0.3) is 0 Å². The molecule has 0 fully saturated rings. The molecule has 1 aromatic rings. The summed E-state index contributed by atoms with van der Waals surface area (Å²) < 4.78 is 25.9. The molecule has 0 aliphatic carbocycles. The first-order valence-electron chi connectivity index (χ1n) is 4.07. The summed E-state index contributed by atoms with van der Waals surface area (Å²) in [6, 6.07) is 1.04. The first-order valence-corrected chi connectivity index (χ1v) is 6.35. The van der Waals surface area contributed by atoms with Gasteiger partial charge in [0.05, 0.1) is 0 Å². The van der Waals surface area contributed by atoms with Crippen molar-refractivity contribution in [3.05, 3.63) is 29.0 Å². The molecule has 16 heavy (non-hydrogen) atoms. The minimum Gasteiger partial charge on any atom is -0.477 e. The maximum absolute atomic E-state index is 11.6. The second-order valence-electron chi connectivity index (χ2n) is 2.90. The maximum Gasteiger partial charge on any atom is 0.352 e. The van der Waals surface area contributed by atoms with Crippen LogP contribution in [0.15, 0.2) is 28.2 Å². The number of halogens is 1. The fourth-order valence-corrected chi connectivity index (χ4v) is 2.25. The highest BCUT2D eigenvalue weighted by molar-refractivity contribution is 9.11. The molecular formula is C8H9BrN2O4S. The molecule has 0 unspecified atom stereocenters. The first kappa shape index (κ1) is 12.9. The molecule has 0 aliphatic rings. The van der Waals surface area contributed by atoms with Gasteiger partial charge in [-0.25, -0.2) is 17.9 Å². The standard InChI is InChI=1S/C8H9BrN2O4S/c1-5(9)3-11-16(14,15)6-2-7(8(12)13)10-4-6/h2,4,10-11H,1,3H2,(H,12,13). The van der Waals surface area contributed by atoms with Crippen LogP contribution in [0, 0.1) is 0 Å². The number of carboxylic acid groups (broad SMARTS) is 1. The van der Waals surface area contributed by atoms with Gasteiger partial charge in [0.2, 0.25) is 10.0 Å². The number of carbonyl (C=O) groups is 1. The summed E-state index contributed by atoms with van der Waals surface area (Å²) in [7, 11) is -3.70. The molecule has 0 radical (unpaired) electrons. The number of aromatic nitrogens is 1. The number of rotatable bonds is 5. The van der Waals surface area contributed by atoms with Crippen LogP contribution in [0.5, 0.6) is 0 Å². The average Bonchev–Trinajstić information content (AvgIpc) is 2.64. The summed E-state index contributed by atoms with van der Waals surface area (Å²) >= 11 is 3.00. The summed E-state index contributed by atoms with van der Waals surface area (Å²) in [6.45, 7) is 3.51. The molecule has 0 atom stereocenters. The first-order chi connectivity index (χ1) is 7.33. The Bertz CT molecular complexity index is 520. The molecule has 88 valence electrons. The molecule has 0 amide bonds. The molecular weight excluding hydrogens is 300 g/mol. The fourth-order valence-electron chi connectivity index (χ4n) is 0.910. The number of sulfonamides is 1. The molecule has 6 nitrogen and oxygen atoms in total. The lowest BCUT2D eigenvalue weighted by Crippen LogP contribution is -2.24. The molecule has 0 aromatic carbocycles. The van der Waals surface area contributed by atoms with Crippen molar-refractivity contribution >= 4 is 31.9 Å². The van der Waals surface area contributed by atoms with Crippen molar-refractivity contribution < 1.29 is 18.3 Å². The van der Waals surface area contributed by atoms with E-state index < -0.39 is 16.0 Å². The Hall–Kier alpha value is -1.12. The Morgan fingerprint density at radius 2 is 2.25 bits per heavy atom. The van der Waals surface area contributed by atoms with E-state index in [0.717, 1.165) is 12.3 Å². The van der Waals surface area contributed by atoms with Crippen LogP contribution < -0.4 is 4.72 Å². The number of hydrogen-bond acceptors (Lipinski definition) is 3. The highest BCUT2D eigenvalue weighted by Crippen LogP contribution is 2.11. The largest absolute Gasteiger partial charge is 0.477 e. The number of carboxylic acids is 1. The van der Waals surface area contributed by atoms with Gasteiger partial charge in [0.1, 0.15) is 10.6 Å². The third-order valence-corrected chi connectivity index (χ3v) is 3.31. The lowest BCUT2D eigenvalue weighted by atomic mass is 10.4. The van der Waals surface area contributed by atoms with E-state index in [0.29, 0.717) is 4.48 Å². The lowest BCUT2D eigenvalue weighted by Gasteiger charge is -2.02. The van der Waals surface area contributed by atoms with Gasteiger partial charge >= 0.3 is 5.97 Å². The van der Waals surface area contributed by atoms with Gasteiger partial charge in [-0.15, -0.1) is 0 Å². The van der Waals surface area contributed by atoms with Crippen LogP contribution in [0.2, 0.25) is 0 Å². The monoisotopic (exact) mass is 308 g/mol. The van der Waals surface area contributed by atoms with Gasteiger partial charge in [0.15, 0.2) is 0 Å². The van der Waals surface area contributed by atoms with E-state index in [9.17, 15) is 13.2 Å². The zero-order valence-corrected chi connectivity index (χ0v) is 10.4. The van der Waals surface area contributed by atoms with Crippen LogP contribution in [0.3, 0.4) is 0 Å². The highest BCUT2D eigenvalue weighted by Gasteiger charge is 2.17. The molecule has 0 aliphatic heterocycles. The van der Waals surface area contributed by atoms with Crippen molar-refractivity contribution in [1.29, 1.82) is 0 Å². The molecule has 1 rings (SSSR count). The third-order valence-electron chi connectivity index (χ3n) is 1.65. The summed E-state index contributed by atoms with van der Waals surface area (Å²) in [6.07, 6.45) is 1.11. The van der Waals surface area contributed by atoms with Gasteiger partial charge in [-0.2, -0.15) is 0 Å². The molecule has 0 saturated heterocycles. The van der Waals surface area contributed by atoms with Crippen molar-refractivity contribution in [2.24, 2.45) is 0 Å². The SMILES string of the molecule is C=C(Br)CNS(=O)(=O)c1c[nH]c(C(=O)O)c1. The van der Waals surface area contributed by atoms with Crippen LogP contribution in [-0.4, -0.2) is 31.0 Å². The predicted octanol–water partition coefficient (Wildman–Crippen LogP) is 0.900. The van der Waals surface area contributed by atoms with Crippen molar-refractivity contribution in [2.45, 2.75) is 4.90 Å². The van der Waals surface area contributed by atoms with E-state index in [2.05, 4.69) is 32.2 Å². The molecule has 0 saturated carbocycles. The van der Waals surface area contributed by atoms with E-state index in [1.165, 1.54) is 0 Å². The van der Waals surface area contributed by atoms with Gasteiger partial charge in [-0.3, -0.25) is 0 Å². The number of H-pyrrole nitrogens is 1. The fraction of sp³-hybridized carbons (Fsp3) is 0.125. The van der Waals surface area contributed by atoms with E-state index in [1.807, 2.05) is 0 Å². The second kappa shape index (κ2) is 4.81. The summed E-state index contributed by atoms with van der Waals surface area (Å²) in [5, 5.41) is 8.61. The Labute approximate surface area is 101 Å². The van der Waals surface area contributed by atoms with Gasteiger partial charge in [-0.1, -0.05) is 22.5 Å². The molecule has 8 heteroatoms. The van der Waals surface area contributed by atoms with Crippen LogP contribution in [0.25, 0.3) is 0 Å². The topological polar surface area (TPSA) is 99.3 Å². The second-order valence-corrected chi connectivity index (χ2v) is 5.78. The molecule has 1 aromatic heterocycles. The van der Waals surface area contributed by atoms with Gasteiger partial charge < -0.3 is 10.1 Å². The Morgan fingerprint density at radius 3 is 2.69 bits per heavy atom. The van der Waals surface area contributed by atoms with Gasteiger partial charge in [-0.05, 0) is 6.07 Å². The number of nitrogens with one attached hydrogen (secondary N) is 2. The van der Waals surface area contributed by atoms with Crippen molar-refractivity contribution in [1.82, 2.24) is 9.71 Å². The quantitative estimate of drug-likeness (QED) is 0.752. The normalized spacial score (nSPS) is 11.3. The van der Waals surface area contributed by atoms with Crippen LogP contribution in [0.1, 0.15) is 10.5 Å². The summed E-state index contributed by atoms with van der Waals surface area (Å²) in [5.74, 6) is -1.22. The zero-order chi connectivity index (χ0) is 12.3. The van der Waals surface area contributed by atoms with E-state index >= 15 is 0 Å². The van der Waals surface area contributed by atoms with E-state index in [-0.39, 0.29) is 17.1 Å². The van der Waals surface area contributed by atoms with Crippen molar-refractivity contribution in [2.75, 3.05) is 6.54 Å². The summed E-state index contributed by atoms with van der Waals surface area (Å²) in [4.78, 5) is 12.8. The molecule has 0 bridgehead atoms. The number of aromatic amines is 1. The Kier molecular flexibility index (Phi) is 3.89. The summed E-state index contributed by atoms with van der Waals surface area (Å²) in [5.41, 5.74) is -0.182. The van der Waals surface area contributed by atoms with Crippen LogP contribution in [-0.2, 0) is 10.0 Å². The average molecular weight is 309 g/mol. The van der Waals surface area contributed by atoms with Crippen LogP contribution >= 0.6 is 15.9 Å². The Balaban J connectivity index is 2.90. The predicted molar refractivity (Wildman–Crippen MR) is 61.0 cm³/mol.